The van der Waals surface area contributed by atoms with Crippen LogP contribution < -0.4 is 5.32 Å². The summed E-state index contributed by atoms with van der Waals surface area (Å²) in [5.74, 6) is 0.0153. The van der Waals surface area contributed by atoms with Crippen molar-refractivity contribution in [3.8, 4) is 0 Å². The molecule has 0 radical (unpaired) electrons. The molecule has 1 saturated heterocycles. The number of nitrogens with zero attached hydrogens (tertiary/aromatic N) is 1. The van der Waals surface area contributed by atoms with Crippen molar-refractivity contribution in [2.24, 2.45) is 0 Å². The van der Waals surface area contributed by atoms with Crippen molar-refractivity contribution < 1.29 is 18.3 Å². The lowest BCUT2D eigenvalue weighted by molar-refractivity contribution is -0.132. The number of nitrogens with one attached hydrogen (secondary N) is 1. The third kappa shape index (κ3) is 4.55. The number of carbonyl (C=O) groups excluding carboxylic acids is 1. The van der Waals surface area contributed by atoms with Gasteiger partial charge in [-0.05, 0) is 19.4 Å². The summed E-state index contributed by atoms with van der Waals surface area (Å²) in [6, 6.07) is -0.280. The van der Waals surface area contributed by atoms with Gasteiger partial charge in [0.1, 0.15) is 0 Å². The number of carbonyl (C=O) groups is 1. The van der Waals surface area contributed by atoms with Crippen molar-refractivity contribution in [3.63, 3.8) is 0 Å². The van der Waals surface area contributed by atoms with E-state index in [0.717, 1.165) is 13.0 Å². The van der Waals surface area contributed by atoms with Crippen LogP contribution in [0.1, 0.15) is 19.8 Å². The monoisotopic (exact) mass is 278 g/mol. The molecular weight excluding hydrogens is 256 g/mol. The van der Waals surface area contributed by atoms with Crippen LogP contribution in [0, 0.1) is 0 Å². The van der Waals surface area contributed by atoms with Crippen LogP contribution in [0.4, 0.5) is 0 Å². The molecule has 1 rings (SSSR count). The van der Waals surface area contributed by atoms with Crippen molar-refractivity contribution in [3.05, 3.63) is 0 Å². The van der Waals surface area contributed by atoms with E-state index >= 15 is 0 Å². The number of amides is 1. The van der Waals surface area contributed by atoms with Crippen LogP contribution in [0.15, 0.2) is 0 Å². The first-order valence-corrected chi connectivity index (χ1v) is 8.13. The summed E-state index contributed by atoms with van der Waals surface area (Å²) in [6.07, 6.45) is 1.41. The Balaban J connectivity index is 2.56. The zero-order valence-electron chi connectivity index (χ0n) is 10.8. The second-order valence-corrected chi connectivity index (χ2v) is 6.77. The van der Waals surface area contributed by atoms with Gasteiger partial charge in [0, 0.05) is 12.6 Å². The molecule has 1 heterocycles. The summed E-state index contributed by atoms with van der Waals surface area (Å²) < 4.78 is 22.8. The topological polar surface area (TPSA) is 86.7 Å². The molecule has 106 valence electrons. The molecular formula is C11H22N2O4S. The predicted octanol–water partition coefficient (Wildman–Crippen LogP) is -1.01. The number of hydrogen-bond donors (Lipinski definition) is 2. The first-order chi connectivity index (χ1) is 8.50. The zero-order valence-corrected chi connectivity index (χ0v) is 11.6. The number of sulfone groups is 1. The molecule has 18 heavy (non-hydrogen) atoms. The maximum absolute atomic E-state index is 12.0. The zero-order chi connectivity index (χ0) is 13.6. The van der Waals surface area contributed by atoms with Crippen LogP contribution >= 0.6 is 0 Å². The minimum Gasteiger partial charge on any atom is -0.395 e. The fraction of sp³-hybridized carbons (Fsp3) is 0.909. The number of rotatable bonds is 7. The molecule has 2 N–H and O–H groups in total. The highest BCUT2D eigenvalue weighted by Crippen LogP contribution is 2.17. The summed E-state index contributed by atoms with van der Waals surface area (Å²) in [4.78, 5) is 13.5. The van der Waals surface area contributed by atoms with Gasteiger partial charge in [-0.2, -0.15) is 0 Å². The van der Waals surface area contributed by atoms with Gasteiger partial charge >= 0.3 is 0 Å². The molecule has 6 nitrogen and oxygen atoms in total. The fourth-order valence-corrected chi connectivity index (χ4v) is 3.84. The summed E-state index contributed by atoms with van der Waals surface area (Å²) in [7, 11) is -3.01. The summed E-state index contributed by atoms with van der Waals surface area (Å²) in [6.45, 7) is 3.02. The van der Waals surface area contributed by atoms with E-state index < -0.39 is 9.84 Å². The lowest BCUT2D eigenvalue weighted by Crippen LogP contribution is -2.46. The van der Waals surface area contributed by atoms with E-state index in [1.54, 1.807) is 0 Å². The van der Waals surface area contributed by atoms with Crippen LogP contribution in [-0.2, 0) is 14.6 Å². The van der Waals surface area contributed by atoms with Crippen molar-refractivity contribution in [1.29, 1.82) is 0 Å². The lowest BCUT2D eigenvalue weighted by atomic mass is 10.2. The molecule has 7 heteroatoms. The molecule has 1 unspecified atom stereocenters. The van der Waals surface area contributed by atoms with Gasteiger partial charge in [-0.15, -0.1) is 0 Å². The van der Waals surface area contributed by atoms with Gasteiger partial charge in [0.15, 0.2) is 9.84 Å². The maximum Gasteiger partial charge on any atom is 0.236 e. The molecule has 0 bridgehead atoms. The van der Waals surface area contributed by atoms with E-state index in [2.05, 4.69) is 5.32 Å². The Morgan fingerprint density at radius 2 is 2.22 bits per heavy atom. The number of aliphatic hydroxyl groups is 1. The molecule has 1 amide bonds. The van der Waals surface area contributed by atoms with Gasteiger partial charge in [0.05, 0.1) is 24.7 Å². The van der Waals surface area contributed by atoms with E-state index in [9.17, 15) is 13.2 Å². The third-order valence-corrected chi connectivity index (χ3v) is 4.76. The Labute approximate surface area is 108 Å². The summed E-state index contributed by atoms with van der Waals surface area (Å²) >= 11 is 0. The molecule has 0 saturated carbocycles. The molecule has 1 aliphatic rings. The average Bonchev–Trinajstić information content (AvgIpc) is 2.66. The SMILES string of the molecule is CCCNCC(=O)N(CCO)C1CCS(=O)(=O)C1. The van der Waals surface area contributed by atoms with Crippen molar-refractivity contribution in [1.82, 2.24) is 10.2 Å². The van der Waals surface area contributed by atoms with Crippen molar-refractivity contribution in [2.45, 2.75) is 25.8 Å². The largest absolute Gasteiger partial charge is 0.395 e. The third-order valence-electron chi connectivity index (χ3n) is 3.01. The molecule has 1 atom stereocenters. The Morgan fingerprint density at radius 1 is 1.50 bits per heavy atom. The quantitative estimate of drug-likeness (QED) is 0.583. The predicted molar refractivity (Wildman–Crippen MR) is 69.0 cm³/mol. The Bertz CT molecular complexity index is 369. The molecule has 0 aromatic carbocycles. The van der Waals surface area contributed by atoms with Crippen LogP contribution in [0.3, 0.4) is 0 Å². The molecule has 0 aliphatic carbocycles. The van der Waals surface area contributed by atoms with Crippen molar-refractivity contribution >= 4 is 15.7 Å². The Hall–Kier alpha value is -0.660. The van der Waals surface area contributed by atoms with Gasteiger partial charge in [-0.3, -0.25) is 4.79 Å². The van der Waals surface area contributed by atoms with Crippen LogP contribution in [0.25, 0.3) is 0 Å². The second-order valence-electron chi connectivity index (χ2n) is 4.54. The number of aliphatic hydroxyl groups excluding tert-OH is 1. The van der Waals surface area contributed by atoms with E-state index in [-0.39, 0.29) is 43.2 Å². The van der Waals surface area contributed by atoms with E-state index in [1.165, 1.54) is 4.90 Å². The first kappa shape index (κ1) is 15.4. The van der Waals surface area contributed by atoms with Crippen molar-refractivity contribution in [2.75, 3.05) is 37.7 Å². The highest BCUT2D eigenvalue weighted by Gasteiger charge is 2.34. The van der Waals surface area contributed by atoms with E-state index in [4.69, 9.17) is 5.11 Å². The maximum atomic E-state index is 12.0. The Kier molecular flexibility index (Phi) is 6.04. The molecule has 0 aromatic rings. The standard InChI is InChI=1S/C11H22N2O4S/c1-2-4-12-8-11(15)13(5-6-14)10-3-7-18(16,17)9-10/h10,12,14H,2-9H2,1H3. The van der Waals surface area contributed by atoms with E-state index in [0.29, 0.717) is 6.42 Å². The minimum absolute atomic E-state index is 0.0204. The molecule has 1 aliphatic heterocycles. The smallest absolute Gasteiger partial charge is 0.236 e. The lowest BCUT2D eigenvalue weighted by Gasteiger charge is -2.27. The first-order valence-electron chi connectivity index (χ1n) is 6.31. The normalized spacial score (nSPS) is 22.0. The van der Waals surface area contributed by atoms with Crippen LogP contribution in [0.2, 0.25) is 0 Å². The van der Waals surface area contributed by atoms with Gasteiger partial charge in [-0.1, -0.05) is 6.92 Å². The molecule has 0 spiro atoms. The highest BCUT2D eigenvalue weighted by molar-refractivity contribution is 7.91. The summed E-state index contributed by atoms with van der Waals surface area (Å²) in [5, 5.41) is 12.0. The highest BCUT2D eigenvalue weighted by atomic mass is 32.2. The minimum atomic E-state index is -3.01. The van der Waals surface area contributed by atoms with Gasteiger partial charge in [-0.25, -0.2) is 8.42 Å². The number of hydrogen-bond acceptors (Lipinski definition) is 5. The summed E-state index contributed by atoms with van der Waals surface area (Å²) in [5.41, 5.74) is 0. The second kappa shape index (κ2) is 7.06. The van der Waals surface area contributed by atoms with Gasteiger partial charge in [0.25, 0.3) is 0 Å². The average molecular weight is 278 g/mol. The van der Waals surface area contributed by atoms with Crippen LogP contribution in [-0.4, -0.2) is 68.1 Å². The van der Waals surface area contributed by atoms with Gasteiger partial charge < -0.3 is 15.3 Å². The fourth-order valence-electron chi connectivity index (χ4n) is 2.11. The molecule has 1 fully saturated rings. The Morgan fingerprint density at radius 3 is 2.72 bits per heavy atom. The van der Waals surface area contributed by atoms with E-state index in [1.807, 2.05) is 6.92 Å². The van der Waals surface area contributed by atoms with Gasteiger partial charge in [0.2, 0.25) is 5.91 Å². The molecule has 0 aromatic heterocycles. The van der Waals surface area contributed by atoms with Crippen LogP contribution in [0.5, 0.6) is 0 Å².